The predicted molar refractivity (Wildman–Crippen MR) is 60.6 cm³/mol. The third-order valence-electron chi connectivity index (χ3n) is 2.29. The van der Waals surface area contributed by atoms with Gasteiger partial charge in [-0.1, -0.05) is 19.1 Å². The fourth-order valence-corrected chi connectivity index (χ4v) is 2.02. The standard InChI is InChI=1S/C11H10BrNO/c1-2-10(14)8-6-13-11-7(8)4-3-5-9(11)12/h3-6,13H,2H2,1H3. The van der Waals surface area contributed by atoms with E-state index in [9.17, 15) is 4.79 Å². The van der Waals surface area contributed by atoms with Crippen LogP contribution in [-0.4, -0.2) is 10.8 Å². The Morgan fingerprint density at radius 2 is 2.29 bits per heavy atom. The minimum absolute atomic E-state index is 0.175. The summed E-state index contributed by atoms with van der Waals surface area (Å²) in [5, 5.41) is 0.992. The molecule has 2 rings (SSSR count). The van der Waals surface area contributed by atoms with Gasteiger partial charge in [-0.15, -0.1) is 0 Å². The average Bonchev–Trinajstić information content (AvgIpc) is 2.62. The summed E-state index contributed by atoms with van der Waals surface area (Å²) in [4.78, 5) is 14.7. The second-order valence-electron chi connectivity index (χ2n) is 3.14. The van der Waals surface area contributed by atoms with E-state index in [1.807, 2.05) is 25.1 Å². The van der Waals surface area contributed by atoms with Crippen molar-refractivity contribution in [2.24, 2.45) is 0 Å². The topological polar surface area (TPSA) is 32.9 Å². The predicted octanol–water partition coefficient (Wildman–Crippen LogP) is 3.52. The smallest absolute Gasteiger partial charge is 0.164 e. The van der Waals surface area contributed by atoms with Crippen molar-refractivity contribution in [1.82, 2.24) is 4.98 Å². The van der Waals surface area contributed by atoms with Crippen LogP contribution in [-0.2, 0) is 0 Å². The first-order chi connectivity index (χ1) is 6.74. The summed E-state index contributed by atoms with van der Waals surface area (Å²) in [7, 11) is 0. The van der Waals surface area contributed by atoms with Crippen molar-refractivity contribution in [1.29, 1.82) is 0 Å². The van der Waals surface area contributed by atoms with Gasteiger partial charge in [0.2, 0.25) is 0 Å². The van der Waals surface area contributed by atoms with Gasteiger partial charge in [0.1, 0.15) is 0 Å². The van der Waals surface area contributed by atoms with Gasteiger partial charge in [-0.25, -0.2) is 0 Å². The number of rotatable bonds is 2. The summed E-state index contributed by atoms with van der Waals surface area (Å²) in [6.07, 6.45) is 2.32. The molecule has 1 heterocycles. The third kappa shape index (κ3) is 1.38. The summed E-state index contributed by atoms with van der Waals surface area (Å²) < 4.78 is 0.991. The van der Waals surface area contributed by atoms with Gasteiger partial charge in [0.05, 0.1) is 5.52 Å². The van der Waals surface area contributed by atoms with Crippen molar-refractivity contribution in [2.75, 3.05) is 0 Å². The van der Waals surface area contributed by atoms with Gasteiger partial charge in [0.15, 0.2) is 5.78 Å². The average molecular weight is 252 g/mol. The minimum Gasteiger partial charge on any atom is -0.360 e. The summed E-state index contributed by atoms with van der Waals surface area (Å²) >= 11 is 3.44. The molecule has 1 aromatic heterocycles. The lowest BCUT2D eigenvalue weighted by Gasteiger charge is -1.96. The number of halogens is 1. The highest BCUT2D eigenvalue weighted by Crippen LogP contribution is 2.26. The molecule has 0 saturated carbocycles. The van der Waals surface area contributed by atoms with Crippen molar-refractivity contribution in [2.45, 2.75) is 13.3 Å². The number of aromatic nitrogens is 1. The summed E-state index contributed by atoms with van der Waals surface area (Å²) in [5.74, 6) is 0.175. The van der Waals surface area contributed by atoms with E-state index in [1.165, 1.54) is 0 Å². The summed E-state index contributed by atoms with van der Waals surface area (Å²) in [6.45, 7) is 1.87. The highest BCUT2D eigenvalue weighted by Gasteiger charge is 2.10. The third-order valence-corrected chi connectivity index (χ3v) is 2.95. The summed E-state index contributed by atoms with van der Waals surface area (Å²) in [6, 6.07) is 5.85. The number of Topliss-reactive ketones (excluding diaryl/α,β-unsaturated/α-hetero) is 1. The summed E-state index contributed by atoms with van der Waals surface area (Å²) in [5.41, 5.74) is 1.77. The van der Waals surface area contributed by atoms with Gasteiger partial charge < -0.3 is 4.98 Å². The molecule has 0 fully saturated rings. The molecular formula is C11H10BrNO. The number of fused-ring (bicyclic) bond motifs is 1. The number of ketones is 1. The Labute approximate surface area is 90.4 Å². The van der Waals surface area contributed by atoms with Crippen LogP contribution >= 0.6 is 15.9 Å². The molecule has 1 N–H and O–H groups in total. The molecule has 2 nitrogen and oxygen atoms in total. The molecule has 0 aliphatic carbocycles. The lowest BCUT2D eigenvalue weighted by atomic mass is 10.1. The molecule has 0 spiro atoms. The number of benzene rings is 1. The molecule has 0 aliphatic rings. The SMILES string of the molecule is CCC(=O)c1c[nH]c2c(Br)cccc12. The highest BCUT2D eigenvalue weighted by atomic mass is 79.9. The monoisotopic (exact) mass is 251 g/mol. The number of hydrogen-bond acceptors (Lipinski definition) is 1. The maximum Gasteiger partial charge on any atom is 0.164 e. The molecule has 0 aliphatic heterocycles. The fourth-order valence-electron chi connectivity index (χ4n) is 1.54. The van der Waals surface area contributed by atoms with Gasteiger partial charge in [0, 0.05) is 28.0 Å². The largest absolute Gasteiger partial charge is 0.360 e. The highest BCUT2D eigenvalue weighted by molar-refractivity contribution is 9.10. The molecule has 0 atom stereocenters. The Morgan fingerprint density at radius 3 is 3.00 bits per heavy atom. The van der Waals surface area contributed by atoms with Crippen LogP contribution in [0.3, 0.4) is 0 Å². The number of H-pyrrole nitrogens is 1. The van der Waals surface area contributed by atoms with Gasteiger partial charge in [-0.2, -0.15) is 0 Å². The van der Waals surface area contributed by atoms with Crippen LogP contribution in [0, 0.1) is 0 Å². The van der Waals surface area contributed by atoms with Gasteiger partial charge in [-0.3, -0.25) is 4.79 Å². The van der Waals surface area contributed by atoms with Crippen LogP contribution in [0.25, 0.3) is 10.9 Å². The van der Waals surface area contributed by atoms with E-state index >= 15 is 0 Å². The van der Waals surface area contributed by atoms with Crippen LogP contribution < -0.4 is 0 Å². The molecule has 1 aromatic carbocycles. The lowest BCUT2D eigenvalue weighted by Crippen LogP contribution is -1.93. The number of hydrogen-bond donors (Lipinski definition) is 1. The van der Waals surface area contributed by atoms with Gasteiger partial charge in [-0.05, 0) is 22.0 Å². The second-order valence-corrected chi connectivity index (χ2v) is 4.00. The lowest BCUT2D eigenvalue weighted by molar-refractivity contribution is 0.0990. The second kappa shape index (κ2) is 3.58. The maximum atomic E-state index is 11.6. The molecule has 0 amide bonds. The zero-order chi connectivity index (χ0) is 10.1. The number of carbonyl (C=O) groups is 1. The van der Waals surface area contributed by atoms with Gasteiger partial charge >= 0.3 is 0 Å². The molecule has 0 radical (unpaired) electrons. The van der Waals surface area contributed by atoms with Crippen LogP contribution in [0.5, 0.6) is 0 Å². The van der Waals surface area contributed by atoms with E-state index in [2.05, 4.69) is 20.9 Å². The van der Waals surface area contributed by atoms with Gasteiger partial charge in [0.25, 0.3) is 0 Å². The minimum atomic E-state index is 0.175. The number of carbonyl (C=O) groups excluding carboxylic acids is 1. The normalized spacial score (nSPS) is 10.7. The van der Waals surface area contributed by atoms with E-state index in [0.29, 0.717) is 6.42 Å². The molecule has 72 valence electrons. The Bertz CT molecular complexity index is 487. The quantitative estimate of drug-likeness (QED) is 0.815. The molecule has 14 heavy (non-hydrogen) atoms. The number of aromatic amines is 1. The Hall–Kier alpha value is -1.09. The van der Waals surface area contributed by atoms with Crippen molar-refractivity contribution in [3.8, 4) is 0 Å². The molecular weight excluding hydrogens is 242 g/mol. The van der Waals surface area contributed by atoms with Crippen LogP contribution in [0.15, 0.2) is 28.9 Å². The molecule has 0 saturated heterocycles. The van der Waals surface area contributed by atoms with Crippen LogP contribution in [0.2, 0.25) is 0 Å². The zero-order valence-electron chi connectivity index (χ0n) is 7.80. The molecule has 0 bridgehead atoms. The Kier molecular flexibility index (Phi) is 2.42. The van der Waals surface area contributed by atoms with Crippen molar-refractivity contribution in [3.63, 3.8) is 0 Å². The first-order valence-corrected chi connectivity index (χ1v) is 5.32. The fraction of sp³-hybridized carbons (Fsp3) is 0.182. The molecule has 3 heteroatoms. The van der Waals surface area contributed by atoms with E-state index in [1.54, 1.807) is 6.20 Å². The Balaban J connectivity index is 2.70. The van der Waals surface area contributed by atoms with Crippen molar-refractivity contribution in [3.05, 3.63) is 34.4 Å². The van der Waals surface area contributed by atoms with Crippen LogP contribution in [0.4, 0.5) is 0 Å². The van der Waals surface area contributed by atoms with Crippen LogP contribution in [0.1, 0.15) is 23.7 Å². The van der Waals surface area contributed by atoms with E-state index < -0.39 is 0 Å². The van der Waals surface area contributed by atoms with Crippen molar-refractivity contribution < 1.29 is 4.79 Å². The number of nitrogens with one attached hydrogen (secondary N) is 1. The first-order valence-electron chi connectivity index (χ1n) is 4.53. The molecule has 0 unspecified atom stereocenters. The van der Waals surface area contributed by atoms with E-state index in [-0.39, 0.29) is 5.78 Å². The molecule has 2 aromatic rings. The maximum absolute atomic E-state index is 11.6. The Morgan fingerprint density at radius 1 is 1.50 bits per heavy atom. The zero-order valence-corrected chi connectivity index (χ0v) is 9.39. The van der Waals surface area contributed by atoms with Crippen molar-refractivity contribution >= 4 is 32.6 Å². The first kappa shape index (κ1) is 9.46. The number of para-hydroxylation sites is 1. The van der Waals surface area contributed by atoms with E-state index in [0.717, 1.165) is 20.9 Å². The van der Waals surface area contributed by atoms with E-state index in [4.69, 9.17) is 0 Å².